The van der Waals surface area contributed by atoms with Crippen LogP contribution < -0.4 is 10.6 Å². The molecule has 4 heteroatoms. The minimum absolute atomic E-state index is 0.210. The van der Waals surface area contributed by atoms with E-state index in [1.165, 1.54) is 12.8 Å². The van der Waals surface area contributed by atoms with E-state index >= 15 is 0 Å². The van der Waals surface area contributed by atoms with Crippen LogP contribution in [0.5, 0.6) is 0 Å². The van der Waals surface area contributed by atoms with Crippen molar-refractivity contribution in [3.05, 3.63) is 36.7 Å². The van der Waals surface area contributed by atoms with Gasteiger partial charge in [0.15, 0.2) is 0 Å². The van der Waals surface area contributed by atoms with Gasteiger partial charge >= 0.3 is 0 Å². The molecule has 1 heterocycles. The summed E-state index contributed by atoms with van der Waals surface area (Å²) in [5, 5.41) is 6.33. The number of aromatic nitrogens is 1. The molecule has 21 heavy (non-hydrogen) atoms. The molecule has 2 N–H and O–H groups in total. The van der Waals surface area contributed by atoms with E-state index in [1.807, 2.05) is 12.1 Å². The van der Waals surface area contributed by atoms with Crippen molar-refractivity contribution in [2.75, 3.05) is 18.4 Å². The molecule has 1 saturated carbocycles. The van der Waals surface area contributed by atoms with Gasteiger partial charge in [-0.2, -0.15) is 0 Å². The summed E-state index contributed by atoms with van der Waals surface area (Å²) in [6.07, 6.45) is 12.3. The second-order valence-corrected chi connectivity index (χ2v) is 6.12. The zero-order valence-electron chi connectivity index (χ0n) is 12.3. The van der Waals surface area contributed by atoms with E-state index in [2.05, 4.69) is 27.8 Å². The first-order valence-corrected chi connectivity index (χ1v) is 7.90. The lowest BCUT2D eigenvalue weighted by Crippen LogP contribution is -2.28. The van der Waals surface area contributed by atoms with Crippen LogP contribution >= 0.6 is 0 Å². The van der Waals surface area contributed by atoms with Gasteiger partial charge in [-0.1, -0.05) is 12.2 Å². The maximum Gasteiger partial charge on any atom is 0.220 e. The third kappa shape index (κ3) is 3.84. The first kappa shape index (κ1) is 14.1. The number of allylic oxidation sites excluding steroid dienone is 2. The summed E-state index contributed by atoms with van der Waals surface area (Å²) in [4.78, 5) is 16.0. The molecule has 1 amide bonds. The zero-order valence-corrected chi connectivity index (χ0v) is 12.3. The van der Waals surface area contributed by atoms with Crippen molar-refractivity contribution in [2.24, 2.45) is 17.8 Å². The fourth-order valence-electron chi connectivity index (χ4n) is 3.46. The van der Waals surface area contributed by atoms with Crippen molar-refractivity contribution >= 4 is 11.6 Å². The third-order valence-corrected chi connectivity index (χ3v) is 4.53. The molecular formula is C17H23N3O. The lowest BCUT2D eigenvalue weighted by molar-refractivity contribution is -0.122. The van der Waals surface area contributed by atoms with Crippen molar-refractivity contribution < 1.29 is 4.79 Å². The van der Waals surface area contributed by atoms with Crippen LogP contribution in [0.25, 0.3) is 0 Å². The second kappa shape index (κ2) is 6.74. The molecule has 0 radical (unpaired) electrons. The van der Waals surface area contributed by atoms with Crippen molar-refractivity contribution in [3.63, 3.8) is 0 Å². The van der Waals surface area contributed by atoms with Gasteiger partial charge < -0.3 is 10.6 Å². The van der Waals surface area contributed by atoms with Gasteiger partial charge in [-0.25, -0.2) is 0 Å². The maximum atomic E-state index is 11.9. The topological polar surface area (TPSA) is 54.0 Å². The summed E-state index contributed by atoms with van der Waals surface area (Å²) in [7, 11) is 0. The van der Waals surface area contributed by atoms with Crippen LogP contribution in [-0.2, 0) is 4.79 Å². The number of nitrogens with zero attached hydrogens (tertiary/aromatic N) is 1. The molecule has 0 aliphatic heterocycles. The average Bonchev–Trinajstić information content (AvgIpc) is 3.10. The van der Waals surface area contributed by atoms with Gasteiger partial charge in [0.1, 0.15) is 0 Å². The number of hydrogen-bond donors (Lipinski definition) is 2. The molecule has 0 spiro atoms. The molecule has 112 valence electrons. The highest BCUT2D eigenvalue weighted by molar-refractivity contribution is 5.76. The number of nitrogens with one attached hydrogen (secondary N) is 2. The molecule has 0 aromatic carbocycles. The van der Waals surface area contributed by atoms with Gasteiger partial charge in [0, 0.05) is 31.9 Å². The number of anilines is 1. The summed E-state index contributed by atoms with van der Waals surface area (Å²) in [6.45, 7) is 1.59. The zero-order chi connectivity index (χ0) is 14.5. The molecule has 0 saturated heterocycles. The SMILES string of the molecule is O=C(C[C@@H]1C[C@@H]2C=C[C@H]1C2)NCCCNc1cccnc1. The normalized spacial score (nSPS) is 26.0. The standard InChI is InChI=1S/C17H23N3O/c21-17(11-15-10-13-4-5-14(15)9-13)20-8-2-7-19-16-3-1-6-18-12-16/h1,3-6,12-15,19H,2,7-11H2,(H,20,21)/t13-,14+,15+/m1/s1. The van der Waals surface area contributed by atoms with Gasteiger partial charge in [0.2, 0.25) is 5.91 Å². The highest BCUT2D eigenvalue weighted by Gasteiger charge is 2.36. The Morgan fingerprint density at radius 3 is 2.95 bits per heavy atom. The summed E-state index contributed by atoms with van der Waals surface area (Å²) < 4.78 is 0. The fraction of sp³-hybridized carbons (Fsp3) is 0.529. The van der Waals surface area contributed by atoms with Crippen molar-refractivity contribution in [1.29, 1.82) is 0 Å². The predicted molar refractivity (Wildman–Crippen MR) is 83.8 cm³/mol. The van der Waals surface area contributed by atoms with E-state index in [4.69, 9.17) is 0 Å². The van der Waals surface area contributed by atoms with E-state index in [0.717, 1.165) is 31.1 Å². The Kier molecular flexibility index (Phi) is 4.53. The molecule has 4 nitrogen and oxygen atoms in total. The first-order chi connectivity index (χ1) is 10.3. The Balaban J connectivity index is 1.27. The Morgan fingerprint density at radius 2 is 2.24 bits per heavy atom. The average molecular weight is 285 g/mol. The number of carbonyl (C=O) groups excluding carboxylic acids is 1. The number of fused-ring (bicyclic) bond motifs is 2. The fourth-order valence-corrected chi connectivity index (χ4v) is 3.46. The van der Waals surface area contributed by atoms with Crippen molar-refractivity contribution in [1.82, 2.24) is 10.3 Å². The summed E-state index contributed by atoms with van der Waals surface area (Å²) >= 11 is 0. The van der Waals surface area contributed by atoms with E-state index < -0.39 is 0 Å². The van der Waals surface area contributed by atoms with Gasteiger partial charge in [0.25, 0.3) is 0 Å². The van der Waals surface area contributed by atoms with Crippen LogP contribution in [0.4, 0.5) is 5.69 Å². The molecule has 2 aliphatic carbocycles. The summed E-state index contributed by atoms with van der Waals surface area (Å²) in [6, 6.07) is 3.90. The third-order valence-electron chi connectivity index (χ3n) is 4.53. The largest absolute Gasteiger partial charge is 0.384 e. The molecule has 2 bridgehead atoms. The molecule has 3 atom stereocenters. The summed E-state index contributed by atoms with van der Waals surface area (Å²) in [5.74, 6) is 2.19. The highest BCUT2D eigenvalue weighted by atomic mass is 16.1. The van der Waals surface area contributed by atoms with Crippen LogP contribution in [0.1, 0.15) is 25.7 Å². The van der Waals surface area contributed by atoms with Crippen LogP contribution in [0.2, 0.25) is 0 Å². The van der Waals surface area contributed by atoms with E-state index in [-0.39, 0.29) is 5.91 Å². The molecule has 2 aliphatic rings. The minimum Gasteiger partial charge on any atom is -0.384 e. The monoisotopic (exact) mass is 285 g/mol. The minimum atomic E-state index is 0.210. The van der Waals surface area contributed by atoms with E-state index in [0.29, 0.717) is 18.3 Å². The number of carbonyl (C=O) groups is 1. The van der Waals surface area contributed by atoms with Crippen LogP contribution in [0, 0.1) is 17.8 Å². The van der Waals surface area contributed by atoms with Gasteiger partial charge in [-0.05, 0) is 49.1 Å². The van der Waals surface area contributed by atoms with E-state index in [9.17, 15) is 4.79 Å². The number of pyridine rings is 1. The highest BCUT2D eigenvalue weighted by Crippen LogP contribution is 2.44. The lowest BCUT2D eigenvalue weighted by Gasteiger charge is -2.17. The van der Waals surface area contributed by atoms with Gasteiger partial charge in [0.05, 0.1) is 5.69 Å². The van der Waals surface area contributed by atoms with Crippen molar-refractivity contribution in [2.45, 2.75) is 25.7 Å². The smallest absolute Gasteiger partial charge is 0.220 e. The van der Waals surface area contributed by atoms with Gasteiger partial charge in [-0.3, -0.25) is 9.78 Å². The first-order valence-electron chi connectivity index (χ1n) is 7.90. The van der Waals surface area contributed by atoms with Gasteiger partial charge in [-0.15, -0.1) is 0 Å². The molecular weight excluding hydrogens is 262 g/mol. The Labute approximate surface area is 126 Å². The van der Waals surface area contributed by atoms with Crippen molar-refractivity contribution in [3.8, 4) is 0 Å². The Morgan fingerprint density at radius 1 is 1.29 bits per heavy atom. The Hall–Kier alpha value is -1.84. The molecule has 0 unspecified atom stereocenters. The molecule has 1 aromatic rings. The molecule has 3 rings (SSSR count). The molecule has 1 fully saturated rings. The van der Waals surface area contributed by atoms with Crippen LogP contribution in [0.15, 0.2) is 36.7 Å². The second-order valence-electron chi connectivity index (χ2n) is 6.12. The van der Waals surface area contributed by atoms with E-state index in [1.54, 1.807) is 12.4 Å². The number of rotatable bonds is 7. The van der Waals surface area contributed by atoms with Crippen LogP contribution in [-0.4, -0.2) is 24.0 Å². The Bertz CT molecular complexity index is 500. The lowest BCUT2D eigenvalue weighted by atomic mass is 9.90. The predicted octanol–water partition coefficient (Wildman–Crippen LogP) is 2.60. The maximum absolute atomic E-state index is 11.9. The number of hydrogen-bond acceptors (Lipinski definition) is 3. The molecule has 1 aromatic heterocycles. The quantitative estimate of drug-likeness (QED) is 0.598. The number of amides is 1. The van der Waals surface area contributed by atoms with Crippen LogP contribution in [0.3, 0.4) is 0 Å². The summed E-state index contributed by atoms with van der Waals surface area (Å²) in [5.41, 5.74) is 1.03.